The zero-order valence-corrected chi connectivity index (χ0v) is 16.2. The van der Waals surface area contributed by atoms with Crippen LogP contribution in [0.15, 0.2) is 48.5 Å². The predicted molar refractivity (Wildman–Crippen MR) is 108 cm³/mol. The Kier molecular flexibility index (Phi) is 7.32. The molecule has 0 radical (unpaired) electrons. The van der Waals surface area contributed by atoms with Gasteiger partial charge in [0, 0.05) is 43.6 Å². The minimum absolute atomic E-state index is 0. The molecule has 0 bridgehead atoms. The molecule has 8 heteroatoms. The summed E-state index contributed by atoms with van der Waals surface area (Å²) in [5.41, 5.74) is 1.57. The third-order valence-corrected chi connectivity index (χ3v) is 4.66. The number of carbonyl (C=O) groups is 1. The SMILES string of the molecule is CC(Nc1cc(N2CCNCC2)ccc1C(=O)C(F)(F)F)c1ccccc1.Cl. The summed E-state index contributed by atoms with van der Waals surface area (Å²) in [6, 6.07) is 13.6. The van der Waals surface area contributed by atoms with Gasteiger partial charge in [0.05, 0.1) is 5.56 Å². The number of nitrogens with one attached hydrogen (secondary N) is 2. The van der Waals surface area contributed by atoms with E-state index in [9.17, 15) is 18.0 Å². The fourth-order valence-corrected chi connectivity index (χ4v) is 3.18. The van der Waals surface area contributed by atoms with Gasteiger partial charge in [-0.2, -0.15) is 13.2 Å². The highest BCUT2D eigenvalue weighted by Crippen LogP contribution is 2.32. The molecule has 2 N–H and O–H groups in total. The van der Waals surface area contributed by atoms with Crippen molar-refractivity contribution in [2.45, 2.75) is 19.1 Å². The van der Waals surface area contributed by atoms with Crippen molar-refractivity contribution in [1.29, 1.82) is 0 Å². The highest BCUT2D eigenvalue weighted by molar-refractivity contribution is 6.05. The molecule has 1 saturated heterocycles. The molecule has 0 aliphatic carbocycles. The van der Waals surface area contributed by atoms with E-state index in [4.69, 9.17) is 0 Å². The minimum Gasteiger partial charge on any atom is -0.378 e. The number of hydrogen-bond acceptors (Lipinski definition) is 4. The summed E-state index contributed by atoms with van der Waals surface area (Å²) < 4.78 is 39.1. The molecule has 0 aromatic heterocycles. The third kappa shape index (κ3) is 5.17. The quantitative estimate of drug-likeness (QED) is 0.711. The Labute approximate surface area is 168 Å². The van der Waals surface area contributed by atoms with Crippen LogP contribution in [0.2, 0.25) is 0 Å². The van der Waals surface area contributed by atoms with Crippen LogP contribution in [-0.2, 0) is 0 Å². The number of ketones is 1. The highest BCUT2D eigenvalue weighted by Gasteiger charge is 2.40. The van der Waals surface area contributed by atoms with Gasteiger partial charge in [-0.15, -0.1) is 12.4 Å². The average molecular weight is 414 g/mol. The van der Waals surface area contributed by atoms with E-state index in [0.29, 0.717) is 0 Å². The van der Waals surface area contributed by atoms with Crippen LogP contribution in [0.5, 0.6) is 0 Å². The Balaban J connectivity index is 0.00000280. The van der Waals surface area contributed by atoms with E-state index >= 15 is 0 Å². The Bertz CT molecular complexity index is 793. The van der Waals surface area contributed by atoms with Crippen LogP contribution < -0.4 is 15.5 Å². The standard InChI is InChI=1S/C20H22F3N3O.ClH/c1-14(15-5-3-2-4-6-15)25-18-13-16(26-11-9-24-10-12-26)7-8-17(18)19(27)20(21,22)23;/h2-8,13-14,24-25H,9-12H2,1H3;1H. The minimum atomic E-state index is -4.91. The molecule has 3 rings (SSSR count). The molecule has 1 atom stereocenters. The molecule has 0 saturated carbocycles. The van der Waals surface area contributed by atoms with Gasteiger partial charge in [-0.25, -0.2) is 0 Å². The first kappa shape index (κ1) is 22.0. The summed E-state index contributed by atoms with van der Waals surface area (Å²) in [4.78, 5) is 14.0. The molecule has 1 aliphatic rings. The Hall–Kier alpha value is -2.25. The lowest BCUT2D eigenvalue weighted by Crippen LogP contribution is -2.43. The lowest BCUT2D eigenvalue weighted by molar-refractivity contribution is -0.0884. The molecule has 1 aliphatic heterocycles. The molecular weight excluding hydrogens is 391 g/mol. The van der Waals surface area contributed by atoms with Crippen molar-refractivity contribution in [2.24, 2.45) is 0 Å². The largest absolute Gasteiger partial charge is 0.454 e. The third-order valence-electron chi connectivity index (χ3n) is 4.66. The number of piperazine rings is 1. The number of alkyl halides is 3. The van der Waals surface area contributed by atoms with E-state index in [1.54, 1.807) is 12.1 Å². The molecule has 1 fully saturated rings. The van der Waals surface area contributed by atoms with Crippen molar-refractivity contribution < 1.29 is 18.0 Å². The molecule has 1 unspecified atom stereocenters. The van der Waals surface area contributed by atoms with Crippen LogP contribution in [0.3, 0.4) is 0 Å². The van der Waals surface area contributed by atoms with E-state index in [-0.39, 0.29) is 29.7 Å². The second-order valence-electron chi connectivity index (χ2n) is 6.57. The first-order valence-corrected chi connectivity index (χ1v) is 8.89. The van der Waals surface area contributed by atoms with Gasteiger partial charge < -0.3 is 15.5 Å². The van der Waals surface area contributed by atoms with Gasteiger partial charge in [-0.1, -0.05) is 30.3 Å². The van der Waals surface area contributed by atoms with Gasteiger partial charge in [0.15, 0.2) is 0 Å². The van der Waals surface area contributed by atoms with Gasteiger partial charge in [0.25, 0.3) is 5.78 Å². The molecule has 2 aromatic rings. The second kappa shape index (κ2) is 9.30. The van der Waals surface area contributed by atoms with Crippen molar-refractivity contribution in [3.05, 3.63) is 59.7 Å². The maximum absolute atomic E-state index is 13.0. The average Bonchev–Trinajstić information content (AvgIpc) is 2.68. The molecular formula is C20H23ClF3N3O. The number of nitrogens with zero attached hydrogens (tertiary/aromatic N) is 1. The van der Waals surface area contributed by atoms with Gasteiger partial charge in [-0.05, 0) is 30.7 Å². The van der Waals surface area contributed by atoms with Gasteiger partial charge in [-0.3, -0.25) is 4.79 Å². The van der Waals surface area contributed by atoms with Crippen molar-refractivity contribution in [1.82, 2.24) is 5.32 Å². The number of rotatable bonds is 5. The molecule has 0 amide bonds. The Morgan fingerprint density at radius 2 is 1.75 bits per heavy atom. The molecule has 4 nitrogen and oxygen atoms in total. The monoisotopic (exact) mass is 413 g/mol. The topological polar surface area (TPSA) is 44.4 Å². The number of anilines is 2. The first-order chi connectivity index (χ1) is 12.9. The zero-order chi connectivity index (χ0) is 19.4. The van der Waals surface area contributed by atoms with Crippen LogP contribution in [0.4, 0.5) is 24.5 Å². The number of halogens is 4. The van der Waals surface area contributed by atoms with Gasteiger partial charge in [0.2, 0.25) is 0 Å². The van der Waals surface area contributed by atoms with E-state index in [1.165, 1.54) is 6.07 Å². The summed E-state index contributed by atoms with van der Waals surface area (Å²) in [7, 11) is 0. The number of carbonyl (C=O) groups excluding carboxylic acids is 1. The van der Waals surface area contributed by atoms with Crippen LogP contribution in [0.1, 0.15) is 28.9 Å². The van der Waals surface area contributed by atoms with Crippen LogP contribution in [0, 0.1) is 0 Å². The fourth-order valence-electron chi connectivity index (χ4n) is 3.18. The first-order valence-electron chi connectivity index (χ1n) is 8.89. The van der Waals surface area contributed by atoms with Crippen molar-refractivity contribution in [3.63, 3.8) is 0 Å². The van der Waals surface area contributed by atoms with Crippen molar-refractivity contribution in [2.75, 3.05) is 36.4 Å². The number of benzene rings is 2. The van der Waals surface area contributed by atoms with Crippen LogP contribution in [0.25, 0.3) is 0 Å². The lowest BCUT2D eigenvalue weighted by atomic mass is 10.0. The maximum atomic E-state index is 13.0. The zero-order valence-electron chi connectivity index (χ0n) is 15.4. The number of Topliss-reactive ketones (excluding diaryl/α,β-unsaturated/α-hetero) is 1. The van der Waals surface area contributed by atoms with Gasteiger partial charge in [0.1, 0.15) is 0 Å². The lowest BCUT2D eigenvalue weighted by Gasteiger charge is -2.30. The van der Waals surface area contributed by atoms with Crippen molar-refractivity contribution >= 4 is 29.6 Å². The van der Waals surface area contributed by atoms with Crippen molar-refractivity contribution in [3.8, 4) is 0 Å². The predicted octanol–water partition coefficient (Wildman–Crippen LogP) is 4.44. The smallest absolute Gasteiger partial charge is 0.378 e. The summed E-state index contributed by atoms with van der Waals surface area (Å²) in [5.74, 6) is -1.84. The second-order valence-corrected chi connectivity index (χ2v) is 6.57. The van der Waals surface area contributed by atoms with E-state index in [1.807, 2.05) is 37.3 Å². The van der Waals surface area contributed by atoms with E-state index in [2.05, 4.69) is 15.5 Å². The van der Waals surface area contributed by atoms with Crippen LogP contribution >= 0.6 is 12.4 Å². The summed E-state index contributed by atoms with van der Waals surface area (Å²) in [6.07, 6.45) is -4.91. The maximum Gasteiger partial charge on any atom is 0.454 e. The molecule has 0 spiro atoms. The fraction of sp³-hybridized carbons (Fsp3) is 0.350. The van der Waals surface area contributed by atoms with Gasteiger partial charge >= 0.3 is 6.18 Å². The summed E-state index contributed by atoms with van der Waals surface area (Å²) in [5, 5.41) is 6.34. The summed E-state index contributed by atoms with van der Waals surface area (Å²) in [6.45, 7) is 5.01. The molecule has 2 aromatic carbocycles. The van der Waals surface area contributed by atoms with E-state index in [0.717, 1.165) is 37.4 Å². The molecule has 28 heavy (non-hydrogen) atoms. The Morgan fingerprint density at radius 3 is 2.36 bits per heavy atom. The highest BCUT2D eigenvalue weighted by atomic mass is 35.5. The molecule has 152 valence electrons. The van der Waals surface area contributed by atoms with E-state index < -0.39 is 12.0 Å². The molecule has 1 heterocycles. The Morgan fingerprint density at radius 1 is 1.11 bits per heavy atom. The normalized spacial score (nSPS) is 15.5. The summed E-state index contributed by atoms with van der Waals surface area (Å²) >= 11 is 0. The number of hydrogen-bond donors (Lipinski definition) is 2. The van der Waals surface area contributed by atoms with Crippen LogP contribution in [-0.4, -0.2) is 38.1 Å².